The van der Waals surface area contributed by atoms with Gasteiger partial charge in [-0.15, -0.1) is 0 Å². The van der Waals surface area contributed by atoms with E-state index < -0.39 is 0 Å². The molecule has 0 heterocycles. The van der Waals surface area contributed by atoms with Gasteiger partial charge in [-0.3, -0.25) is 0 Å². The van der Waals surface area contributed by atoms with Gasteiger partial charge in [-0.05, 0) is 17.0 Å². The number of alkyl halides is 1. The molecule has 0 fully saturated rings. The molecule has 1 aromatic rings. The molecule has 2 heteroatoms. The lowest BCUT2D eigenvalue weighted by Crippen LogP contribution is -2.14. The summed E-state index contributed by atoms with van der Waals surface area (Å²) in [5.41, 5.74) is 3.56. The molecule has 0 spiro atoms. The van der Waals surface area contributed by atoms with Gasteiger partial charge in [0.25, 0.3) is 0 Å². The molecule has 0 saturated heterocycles. The second-order valence-corrected chi connectivity index (χ2v) is 4.67. The van der Waals surface area contributed by atoms with Crippen molar-refractivity contribution in [2.24, 2.45) is 0 Å². The second-order valence-electron chi connectivity index (χ2n) is 4.11. The van der Waals surface area contributed by atoms with E-state index in [4.69, 9.17) is 0 Å². The maximum atomic E-state index is 3.38. The third kappa shape index (κ3) is 2.73. The summed E-state index contributed by atoms with van der Waals surface area (Å²) < 4.78 is 0. The molecule has 1 N–H and O–H groups in total. The molecule has 1 aromatic carbocycles. The van der Waals surface area contributed by atoms with Crippen LogP contribution in [0.4, 0.5) is 5.69 Å². The Kier molecular flexibility index (Phi) is 3.37. The average Bonchev–Trinajstić information content (AvgIpc) is 2.04. The van der Waals surface area contributed by atoms with Gasteiger partial charge in [0.15, 0.2) is 0 Å². The van der Waals surface area contributed by atoms with Crippen LogP contribution in [0.2, 0.25) is 0 Å². The summed E-state index contributed by atoms with van der Waals surface area (Å²) in [5, 5.41) is 3.30. The molecule has 0 aromatic heterocycles. The van der Waals surface area contributed by atoms with Gasteiger partial charge in [-0.2, -0.15) is 0 Å². The van der Waals surface area contributed by atoms with Crippen molar-refractivity contribution < 1.29 is 0 Å². The van der Waals surface area contributed by atoms with Gasteiger partial charge in [-0.25, -0.2) is 0 Å². The summed E-state index contributed by atoms with van der Waals surface area (Å²) >= 11 is 3.38. The highest BCUT2D eigenvalue weighted by atomic mass is 79.9. The van der Waals surface area contributed by atoms with Gasteiger partial charge >= 0.3 is 0 Å². The summed E-state index contributed by atoms with van der Waals surface area (Å²) in [4.78, 5) is 0. The fourth-order valence-corrected chi connectivity index (χ4v) is 1.67. The maximum Gasteiger partial charge on any atom is 0.0707 e. The van der Waals surface area contributed by atoms with Crippen LogP contribution in [0.3, 0.4) is 0 Å². The van der Waals surface area contributed by atoms with Gasteiger partial charge in [0.05, 0.1) is 5.45 Å². The Morgan fingerprint density at radius 2 is 1.85 bits per heavy atom. The van der Waals surface area contributed by atoms with E-state index in [2.05, 4.69) is 66.3 Å². The van der Waals surface area contributed by atoms with E-state index >= 15 is 0 Å². The number of hydrogen-bond donors (Lipinski definition) is 1. The number of hydrogen-bond acceptors (Lipinski definition) is 1. The molecule has 0 bridgehead atoms. The molecule has 0 atom stereocenters. The van der Waals surface area contributed by atoms with Gasteiger partial charge < -0.3 is 5.32 Å². The monoisotopic (exact) mass is 241 g/mol. The highest BCUT2D eigenvalue weighted by molar-refractivity contribution is 9.09. The zero-order valence-corrected chi connectivity index (χ0v) is 9.98. The molecule has 0 aliphatic carbocycles. The Hall–Kier alpha value is -0.500. The Balaban J connectivity index is 3.05. The van der Waals surface area contributed by atoms with Gasteiger partial charge in [-0.1, -0.05) is 54.9 Å². The molecule has 0 aliphatic rings. The first-order chi connectivity index (χ1) is 6.05. The molecule has 1 rings (SSSR count). The summed E-state index contributed by atoms with van der Waals surface area (Å²) in [7, 11) is 0. The summed E-state index contributed by atoms with van der Waals surface area (Å²) in [6.07, 6.45) is 0. The van der Waals surface area contributed by atoms with Crippen molar-refractivity contribution in [3.05, 3.63) is 29.8 Å². The predicted molar refractivity (Wildman–Crippen MR) is 62.6 cm³/mol. The molecule has 0 aliphatic heterocycles. The minimum absolute atomic E-state index is 0.200. The van der Waals surface area contributed by atoms with Crippen LogP contribution in [-0.2, 0) is 5.41 Å². The van der Waals surface area contributed by atoms with Crippen LogP contribution >= 0.6 is 15.9 Å². The van der Waals surface area contributed by atoms with Crippen molar-refractivity contribution >= 4 is 21.6 Å². The molecule has 0 saturated carbocycles. The Bertz CT molecular complexity index is 276. The minimum Gasteiger partial charge on any atom is -0.375 e. The number of nitrogens with one attached hydrogen (secondary N) is 1. The van der Waals surface area contributed by atoms with E-state index in [1.807, 2.05) is 0 Å². The minimum atomic E-state index is 0.200. The van der Waals surface area contributed by atoms with E-state index in [1.165, 1.54) is 11.3 Å². The Morgan fingerprint density at radius 3 is 2.38 bits per heavy atom. The van der Waals surface area contributed by atoms with Crippen LogP contribution in [0.1, 0.15) is 26.3 Å². The lowest BCUT2D eigenvalue weighted by molar-refractivity contribution is 0.592. The molecule has 0 radical (unpaired) electrons. The van der Waals surface area contributed by atoms with Crippen LogP contribution in [0, 0.1) is 0 Å². The van der Waals surface area contributed by atoms with Gasteiger partial charge in [0, 0.05) is 5.69 Å². The number of para-hydroxylation sites is 1. The lowest BCUT2D eigenvalue weighted by atomic mass is 9.86. The third-order valence-corrected chi connectivity index (χ3v) is 2.27. The molecule has 1 nitrogen and oxygen atoms in total. The summed E-state index contributed by atoms with van der Waals surface area (Å²) in [6.45, 7) is 6.67. The normalized spacial score (nSPS) is 11.4. The van der Waals surface area contributed by atoms with Crippen molar-refractivity contribution in [3.63, 3.8) is 0 Å². The molecule has 13 heavy (non-hydrogen) atoms. The van der Waals surface area contributed by atoms with E-state index in [0.717, 1.165) is 5.45 Å². The molecular formula is C11H16BrN. The van der Waals surface area contributed by atoms with Crippen LogP contribution < -0.4 is 5.32 Å². The standard InChI is InChI=1S/C11H16BrN/c1-11(2,3)9-6-4-5-7-10(9)13-8-12/h4-7,13H,8H2,1-3H3. The first-order valence-electron chi connectivity index (χ1n) is 4.45. The van der Waals surface area contributed by atoms with Crippen molar-refractivity contribution in [2.45, 2.75) is 26.2 Å². The zero-order valence-electron chi connectivity index (χ0n) is 8.39. The molecule has 72 valence electrons. The molecule has 0 amide bonds. The van der Waals surface area contributed by atoms with E-state index in [0.29, 0.717) is 0 Å². The SMILES string of the molecule is CC(C)(C)c1ccccc1NCBr. The molecule has 0 unspecified atom stereocenters. The first-order valence-corrected chi connectivity index (χ1v) is 5.57. The van der Waals surface area contributed by atoms with E-state index in [9.17, 15) is 0 Å². The van der Waals surface area contributed by atoms with E-state index in [-0.39, 0.29) is 5.41 Å². The fourth-order valence-electron chi connectivity index (χ4n) is 1.36. The largest absolute Gasteiger partial charge is 0.375 e. The van der Waals surface area contributed by atoms with Crippen molar-refractivity contribution in [2.75, 3.05) is 10.8 Å². The number of rotatable bonds is 2. The van der Waals surface area contributed by atoms with Crippen LogP contribution in [-0.4, -0.2) is 5.45 Å². The summed E-state index contributed by atoms with van der Waals surface area (Å²) in [6, 6.07) is 8.42. The van der Waals surface area contributed by atoms with Crippen LogP contribution in [0.15, 0.2) is 24.3 Å². The zero-order chi connectivity index (χ0) is 9.90. The third-order valence-electron chi connectivity index (χ3n) is 1.99. The van der Waals surface area contributed by atoms with Crippen LogP contribution in [0.5, 0.6) is 0 Å². The fraction of sp³-hybridized carbons (Fsp3) is 0.455. The number of anilines is 1. The lowest BCUT2D eigenvalue weighted by Gasteiger charge is -2.22. The highest BCUT2D eigenvalue weighted by Gasteiger charge is 2.16. The highest BCUT2D eigenvalue weighted by Crippen LogP contribution is 2.29. The van der Waals surface area contributed by atoms with Crippen molar-refractivity contribution in [1.29, 1.82) is 0 Å². The van der Waals surface area contributed by atoms with Crippen molar-refractivity contribution in [1.82, 2.24) is 0 Å². The topological polar surface area (TPSA) is 12.0 Å². The van der Waals surface area contributed by atoms with Crippen molar-refractivity contribution in [3.8, 4) is 0 Å². The van der Waals surface area contributed by atoms with Gasteiger partial charge in [0.1, 0.15) is 0 Å². The summed E-state index contributed by atoms with van der Waals surface area (Å²) in [5.74, 6) is 0. The quantitative estimate of drug-likeness (QED) is 0.615. The molecular weight excluding hydrogens is 226 g/mol. The average molecular weight is 242 g/mol. The van der Waals surface area contributed by atoms with Crippen LogP contribution in [0.25, 0.3) is 0 Å². The predicted octanol–water partition coefficient (Wildman–Crippen LogP) is 3.75. The first kappa shape index (κ1) is 10.6. The second kappa shape index (κ2) is 4.14. The van der Waals surface area contributed by atoms with E-state index in [1.54, 1.807) is 0 Å². The Labute approximate surface area is 88.7 Å². The maximum absolute atomic E-state index is 3.38. The van der Waals surface area contributed by atoms with Gasteiger partial charge in [0.2, 0.25) is 0 Å². The smallest absolute Gasteiger partial charge is 0.0707 e. The number of benzene rings is 1. The Morgan fingerprint density at radius 1 is 1.23 bits per heavy atom. The number of halogens is 1.